The number of nitrogens with zero attached hydrogens (tertiary/aromatic N) is 3. The molecule has 0 radical (unpaired) electrons. The van der Waals surface area contributed by atoms with Crippen molar-refractivity contribution in [1.29, 1.82) is 0 Å². The second kappa shape index (κ2) is 8.16. The first-order valence-corrected chi connectivity index (χ1v) is 10.9. The van der Waals surface area contributed by atoms with Crippen LogP contribution in [-0.2, 0) is 9.53 Å². The number of hydrogen-bond acceptors (Lipinski definition) is 5. The normalized spacial score (nSPS) is 16.9. The molecular formula is C21H22ClN3O3S. The van der Waals surface area contributed by atoms with E-state index in [0.717, 1.165) is 34.4 Å². The molecule has 1 amide bonds. The second-order valence-corrected chi connectivity index (χ2v) is 8.56. The summed E-state index contributed by atoms with van der Waals surface area (Å²) in [7, 11) is 0. The molecule has 8 heteroatoms. The van der Waals surface area contributed by atoms with E-state index in [-0.39, 0.29) is 17.8 Å². The lowest BCUT2D eigenvalue weighted by Crippen LogP contribution is -2.42. The summed E-state index contributed by atoms with van der Waals surface area (Å²) in [6.07, 6.45) is 1.56. The smallest absolute Gasteiger partial charge is 0.310 e. The number of benzene rings is 1. The summed E-state index contributed by atoms with van der Waals surface area (Å²) < 4.78 is 6.94. The van der Waals surface area contributed by atoms with Gasteiger partial charge in [0.15, 0.2) is 0 Å². The van der Waals surface area contributed by atoms with E-state index in [1.54, 1.807) is 16.5 Å². The van der Waals surface area contributed by atoms with Crippen molar-refractivity contribution in [2.24, 2.45) is 5.92 Å². The van der Waals surface area contributed by atoms with Crippen molar-refractivity contribution in [3.05, 3.63) is 45.9 Å². The SMILES string of the molecule is CCOC(=O)C1CCCN(C(=O)c2cc3c(C)nn(-c4ccccc4Cl)c3s2)C1. The monoisotopic (exact) mass is 431 g/mol. The maximum atomic E-state index is 13.1. The van der Waals surface area contributed by atoms with Crippen molar-refractivity contribution in [2.75, 3.05) is 19.7 Å². The molecule has 1 unspecified atom stereocenters. The summed E-state index contributed by atoms with van der Waals surface area (Å²) in [5.41, 5.74) is 1.63. The Balaban J connectivity index is 1.63. The van der Waals surface area contributed by atoms with Crippen molar-refractivity contribution in [2.45, 2.75) is 26.7 Å². The highest BCUT2D eigenvalue weighted by Crippen LogP contribution is 2.33. The third-order valence-corrected chi connectivity index (χ3v) is 6.58. The number of esters is 1. The molecule has 3 heterocycles. The van der Waals surface area contributed by atoms with Crippen LogP contribution in [0.1, 0.15) is 35.1 Å². The van der Waals surface area contributed by atoms with Gasteiger partial charge in [-0.15, -0.1) is 11.3 Å². The third kappa shape index (κ3) is 3.76. The average Bonchev–Trinajstić information content (AvgIpc) is 3.29. The van der Waals surface area contributed by atoms with Gasteiger partial charge in [-0.05, 0) is 44.9 Å². The summed E-state index contributed by atoms with van der Waals surface area (Å²) in [4.78, 5) is 28.5. The van der Waals surface area contributed by atoms with E-state index in [4.69, 9.17) is 16.3 Å². The second-order valence-electron chi connectivity index (χ2n) is 7.12. The van der Waals surface area contributed by atoms with Gasteiger partial charge in [0.05, 0.1) is 33.8 Å². The van der Waals surface area contributed by atoms with Crippen LogP contribution in [0.3, 0.4) is 0 Å². The summed E-state index contributed by atoms with van der Waals surface area (Å²) >= 11 is 7.76. The molecule has 3 aromatic rings. The number of aryl methyl sites for hydroxylation is 1. The molecule has 0 N–H and O–H groups in total. The average molecular weight is 432 g/mol. The summed E-state index contributed by atoms with van der Waals surface area (Å²) in [5.74, 6) is -0.515. The Morgan fingerprint density at radius 3 is 2.90 bits per heavy atom. The van der Waals surface area contributed by atoms with Crippen molar-refractivity contribution >= 4 is 45.0 Å². The summed E-state index contributed by atoms with van der Waals surface area (Å²) in [5, 5.41) is 6.15. The Kier molecular flexibility index (Phi) is 5.61. The fraction of sp³-hybridized carbons (Fsp3) is 0.381. The molecule has 1 aliphatic heterocycles. The minimum Gasteiger partial charge on any atom is -0.466 e. The Morgan fingerprint density at radius 1 is 1.34 bits per heavy atom. The molecule has 1 aliphatic rings. The molecule has 4 rings (SSSR count). The van der Waals surface area contributed by atoms with E-state index in [2.05, 4.69) is 5.10 Å². The molecule has 0 spiro atoms. The Morgan fingerprint density at radius 2 is 2.14 bits per heavy atom. The van der Waals surface area contributed by atoms with Crippen LogP contribution in [0.5, 0.6) is 0 Å². The molecule has 0 aliphatic carbocycles. The van der Waals surface area contributed by atoms with Gasteiger partial charge < -0.3 is 9.64 Å². The van der Waals surface area contributed by atoms with Crippen LogP contribution in [0, 0.1) is 12.8 Å². The van der Waals surface area contributed by atoms with E-state index in [1.807, 2.05) is 37.3 Å². The number of rotatable bonds is 4. The maximum Gasteiger partial charge on any atom is 0.310 e. The molecule has 2 aromatic heterocycles. The molecule has 1 fully saturated rings. The Bertz CT molecular complexity index is 1070. The lowest BCUT2D eigenvalue weighted by Gasteiger charge is -2.31. The van der Waals surface area contributed by atoms with Crippen molar-refractivity contribution in [3.63, 3.8) is 0 Å². The Hall–Kier alpha value is -2.38. The van der Waals surface area contributed by atoms with Crippen LogP contribution in [0.2, 0.25) is 5.02 Å². The molecule has 152 valence electrons. The topological polar surface area (TPSA) is 64.4 Å². The number of aromatic nitrogens is 2. The highest BCUT2D eigenvalue weighted by atomic mass is 35.5. The van der Waals surface area contributed by atoms with Gasteiger partial charge in [-0.3, -0.25) is 9.59 Å². The quantitative estimate of drug-likeness (QED) is 0.572. The highest BCUT2D eigenvalue weighted by molar-refractivity contribution is 7.20. The van der Waals surface area contributed by atoms with Crippen LogP contribution >= 0.6 is 22.9 Å². The number of piperidine rings is 1. The first-order valence-electron chi connectivity index (χ1n) is 9.69. The van der Waals surface area contributed by atoms with Crippen LogP contribution in [0.15, 0.2) is 30.3 Å². The van der Waals surface area contributed by atoms with Crippen LogP contribution in [0.25, 0.3) is 15.9 Å². The van der Waals surface area contributed by atoms with Gasteiger partial charge in [0.1, 0.15) is 4.83 Å². The number of likely N-dealkylation sites (tertiary alicyclic amines) is 1. The fourth-order valence-corrected chi connectivity index (χ4v) is 5.07. The first-order chi connectivity index (χ1) is 14.0. The number of ether oxygens (including phenoxy) is 1. The zero-order valence-corrected chi connectivity index (χ0v) is 17.9. The van der Waals surface area contributed by atoms with Gasteiger partial charge in [0.2, 0.25) is 0 Å². The maximum absolute atomic E-state index is 13.1. The lowest BCUT2D eigenvalue weighted by atomic mass is 9.98. The van der Waals surface area contributed by atoms with Crippen LogP contribution in [-0.4, -0.2) is 46.3 Å². The van der Waals surface area contributed by atoms with Crippen molar-refractivity contribution in [1.82, 2.24) is 14.7 Å². The van der Waals surface area contributed by atoms with Crippen LogP contribution in [0.4, 0.5) is 0 Å². The number of carbonyl (C=O) groups excluding carboxylic acids is 2. The first kappa shape index (κ1) is 19.9. The zero-order valence-electron chi connectivity index (χ0n) is 16.4. The fourth-order valence-electron chi connectivity index (χ4n) is 3.71. The number of thiophene rings is 1. The van der Waals surface area contributed by atoms with Crippen LogP contribution < -0.4 is 0 Å². The number of hydrogen-bond donors (Lipinski definition) is 0. The van der Waals surface area contributed by atoms with Gasteiger partial charge in [-0.25, -0.2) is 4.68 Å². The van der Waals surface area contributed by atoms with E-state index in [0.29, 0.717) is 29.6 Å². The molecule has 1 aromatic carbocycles. The third-order valence-electron chi connectivity index (χ3n) is 5.16. The molecule has 6 nitrogen and oxygen atoms in total. The summed E-state index contributed by atoms with van der Waals surface area (Å²) in [6, 6.07) is 9.41. The molecule has 1 saturated heterocycles. The van der Waals surface area contributed by atoms with Gasteiger partial charge in [-0.2, -0.15) is 5.10 Å². The predicted octanol–water partition coefficient (Wildman–Crippen LogP) is 4.46. The number of amides is 1. The minimum absolute atomic E-state index is 0.0506. The van der Waals surface area contributed by atoms with Gasteiger partial charge in [0, 0.05) is 18.5 Å². The zero-order chi connectivity index (χ0) is 20.5. The molecule has 1 atom stereocenters. The molecule has 29 heavy (non-hydrogen) atoms. The minimum atomic E-state index is -0.248. The largest absolute Gasteiger partial charge is 0.466 e. The number of para-hydroxylation sites is 1. The van der Waals surface area contributed by atoms with Crippen molar-refractivity contribution < 1.29 is 14.3 Å². The van der Waals surface area contributed by atoms with Gasteiger partial charge in [0.25, 0.3) is 5.91 Å². The number of fused-ring (bicyclic) bond motifs is 1. The van der Waals surface area contributed by atoms with Crippen molar-refractivity contribution in [3.8, 4) is 5.69 Å². The lowest BCUT2D eigenvalue weighted by molar-refractivity contribution is -0.149. The van der Waals surface area contributed by atoms with Gasteiger partial charge in [-0.1, -0.05) is 23.7 Å². The predicted molar refractivity (Wildman–Crippen MR) is 114 cm³/mol. The van der Waals surface area contributed by atoms with E-state index in [1.165, 1.54) is 11.3 Å². The van der Waals surface area contributed by atoms with E-state index in [9.17, 15) is 9.59 Å². The van der Waals surface area contributed by atoms with E-state index < -0.39 is 0 Å². The Labute approximate surface area is 178 Å². The standard InChI is InChI=1S/C21H22ClN3O3S/c1-3-28-21(27)14-7-6-10-24(12-14)19(26)18-11-15-13(2)23-25(20(15)29-18)17-9-5-4-8-16(17)22/h4-5,8-9,11,14H,3,6-7,10,12H2,1-2H3. The highest BCUT2D eigenvalue weighted by Gasteiger charge is 2.31. The van der Waals surface area contributed by atoms with E-state index >= 15 is 0 Å². The molecule has 0 bridgehead atoms. The summed E-state index contributed by atoms with van der Waals surface area (Å²) in [6.45, 7) is 5.14. The van der Waals surface area contributed by atoms with Gasteiger partial charge >= 0.3 is 5.97 Å². The number of carbonyl (C=O) groups is 2. The molecule has 0 saturated carbocycles. The number of halogens is 1. The molecular weight excluding hydrogens is 410 g/mol.